The van der Waals surface area contributed by atoms with Crippen molar-refractivity contribution in [2.24, 2.45) is 0 Å². The second-order valence-electron chi connectivity index (χ2n) is 10.9. The van der Waals surface area contributed by atoms with Crippen LogP contribution >= 0.6 is 34.8 Å². The number of halogens is 3. The molecule has 0 saturated carbocycles. The Hall–Kier alpha value is -2.29. The van der Waals surface area contributed by atoms with Gasteiger partial charge in [-0.15, -0.1) is 0 Å². The Bertz CT molecular complexity index is 1450. The van der Waals surface area contributed by atoms with Gasteiger partial charge in [0.1, 0.15) is 11.0 Å². The van der Waals surface area contributed by atoms with Gasteiger partial charge in [0, 0.05) is 73.8 Å². The minimum absolute atomic E-state index is 0.0156. The molecule has 214 valence electrons. The van der Waals surface area contributed by atoms with Gasteiger partial charge in [0.25, 0.3) is 0 Å². The maximum atomic E-state index is 7.13. The fourth-order valence-corrected chi connectivity index (χ4v) is 6.65. The van der Waals surface area contributed by atoms with Gasteiger partial charge >= 0.3 is 0 Å². The number of nitrogens with one attached hydrogen (secondary N) is 2. The standard InChI is InChI=1S/C32H35Cl3N6/c33-24-8-4-22(5-9-24)20-28(40-16-12-36-13-17-40)26-2-1-3-27-30(26)31(35)39-32(38-27)29(41-18-14-37-15-19-41)21-23-6-10-25(34)11-7-23/h1-11,28-29,36-37H,12-21H2. The molecule has 0 bridgehead atoms. The number of piperazine rings is 2. The third-order valence-corrected chi connectivity index (χ3v) is 9.03. The molecule has 0 radical (unpaired) electrons. The molecule has 2 aliphatic heterocycles. The summed E-state index contributed by atoms with van der Waals surface area (Å²) in [6.07, 6.45) is 1.65. The van der Waals surface area contributed by atoms with Gasteiger partial charge in [-0.25, -0.2) is 9.97 Å². The van der Waals surface area contributed by atoms with E-state index in [4.69, 9.17) is 44.8 Å². The predicted octanol–water partition coefficient (Wildman–Crippen LogP) is 5.97. The smallest absolute Gasteiger partial charge is 0.148 e. The molecule has 6 rings (SSSR count). The van der Waals surface area contributed by atoms with Gasteiger partial charge in [0.15, 0.2) is 0 Å². The molecule has 0 aliphatic carbocycles. The van der Waals surface area contributed by atoms with Crippen LogP contribution in [0.5, 0.6) is 0 Å². The Balaban J connectivity index is 1.39. The van der Waals surface area contributed by atoms with Crippen molar-refractivity contribution in [1.82, 2.24) is 30.4 Å². The van der Waals surface area contributed by atoms with Crippen LogP contribution in [0.25, 0.3) is 10.9 Å². The van der Waals surface area contributed by atoms with Gasteiger partial charge in [-0.3, -0.25) is 9.80 Å². The van der Waals surface area contributed by atoms with E-state index in [0.29, 0.717) is 5.15 Å². The maximum absolute atomic E-state index is 7.13. The fraction of sp³-hybridized carbons (Fsp3) is 0.375. The zero-order chi connectivity index (χ0) is 28.2. The second kappa shape index (κ2) is 13.3. The molecular weight excluding hydrogens is 575 g/mol. The molecule has 1 aromatic heterocycles. The Morgan fingerprint density at radius 3 is 1.71 bits per heavy atom. The van der Waals surface area contributed by atoms with E-state index in [-0.39, 0.29) is 12.1 Å². The summed E-state index contributed by atoms with van der Waals surface area (Å²) in [5.74, 6) is 0.771. The Morgan fingerprint density at radius 2 is 1.15 bits per heavy atom. The number of aromatic nitrogens is 2. The molecule has 41 heavy (non-hydrogen) atoms. The number of hydrogen-bond acceptors (Lipinski definition) is 6. The van der Waals surface area contributed by atoms with Gasteiger partial charge in [-0.2, -0.15) is 0 Å². The molecule has 2 aliphatic rings. The SMILES string of the molecule is Clc1ccc(CC(c2nc(Cl)c3c(C(Cc4ccc(Cl)cc4)N4CCNCC4)cccc3n2)N2CCNCC2)cc1. The lowest BCUT2D eigenvalue weighted by Gasteiger charge is -2.36. The van der Waals surface area contributed by atoms with E-state index in [9.17, 15) is 0 Å². The molecule has 2 saturated heterocycles. The summed E-state index contributed by atoms with van der Waals surface area (Å²) in [5.41, 5.74) is 4.51. The van der Waals surface area contributed by atoms with Crippen molar-refractivity contribution < 1.29 is 0 Å². The summed E-state index contributed by atoms with van der Waals surface area (Å²) in [6, 6.07) is 22.8. The Kier molecular flexibility index (Phi) is 9.38. The van der Waals surface area contributed by atoms with Crippen molar-refractivity contribution in [2.45, 2.75) is 24.9 Å². The zero-order valence-electron chi connectivity index (χ0n) is 23.0. The fourth-order valence-electron chi connectivity index (χ4n) is 6.10. The van der Waals surface area contributed by atoms with Crippen molar-refractivity contribution in [3.8, 4) is 0 Å². The highest BCUT2D eigenvalue weighted by atomic mass is 35.5. The van der Waals surface area contributed by atoms with E-state index in [1.165, 1.54) is 16.7 Å². The average molecular weight is 610 g/mol. The average Bonchev–Trinajstić information content (AvgIpc) is 3.01. The Morgan fingerprint density at radius 1 is 0.634 bits per heavy atom. The van der Waals surface area contributed by atoms with E-state index in [1.54, 1.807) is 0 Å². The van der Waals surface area contributed by atoms with Crippen molar-refractivity contribution in [3.63, 3.8) is 0 Å². The summed E-state index contributed by atoms with van der Waals surface area (Å²) >= 11 is 19.5. The molecule has 2 fully saturated rings. The van der Waals surface area contributed by atoms with Gasteiger partial charge in [0.2, 0.25) is 0 Å². The number of nitrogens with zero attached hydrogens (tertiary/aromatic N) is 4. The maximum Gasteiger partial charge on any atom is 0.148 e. The first kappa shape index (κ1) is 28.8. The van der Waals surface area contributed by atoms with Crippen molar-refractivity contribution in [2.75, 3.05) is 52.4 Å². The molecule has 2 atom stereocenters. The van der Waals surface area contributed by atoms with E-state index in [0.717, 1.165) is 92.0 Å². The Labute approximate surface area is 257 Å². The number of hydrogen-bond donors (Lipinski definition) is 2. The van der Waals surface area contributed by atoms with Crippen LogP contribution in [0.2, 0.25) is 15.2 Å². The third kappa shape index (κ3) is 6.86. The van der Waals surface area contributed by atoms with E-state index < -0.39 is 0 Å². The molecule has 2 N–H and O–H groups in total. The summed E-state index contributed by atoms with van der Waals surface area (Å²) < 4.78 is 0. The van der Waals surface area contributed by atoms with Gasteiger partial charge < -0.3 is 10.6 Å². The van der Waals surface area contributed by atoms with Crippen LogP contribution in [0.4, 0.5) is 0 Å². The lowest BCUT2D eigenvalue weighted by atomic mass is 9.94. The highest BCUT2D eigenvalue weighted by Crippen LogP contribution is 2.36. The van der Waals surface area contributed by atoms with Crippen LogP contribution in [-0.2, 0) is 12.8 Å². The van der Waals surface area contributed by atoms with Crippen LogP contribution in [-0.4, -0.2) is 72.1 Å². The van der Waals surface area contributed by atoms with Crippen LogP contribution in [0, 0.1) is 0 Å². The van der Waals surface area contributed by atoms with Crippen LogP contribution in [0.15, 0.2) is 66.7 Å². The van der Waals surface area contributed by atoms with Crippen LogP contribution < -0.4 is 10.6 Å². The first-order valence-electron chi connectivity index (χ1n) is 14.4. The molecular formula is C32H35Cl3N6. The molecule has 3 heterocycles. The highest BCUT2D eigenvalue weighted by Gasteiger charge is 2.29. The van der Waals surface area contributed by atoms with Crippen LogP contribution in [0.1, 0.15) is 34.6 Å². The molecule has 0 spiro atoms. The topological polar surface area (TPSA) is 56.3 Å². The molecule has 6 nitrogen and oxygen atoms in total. The third-order valence-electron chi connectivity index (χ3n) is 8.26. The highest BCUT2D eigenvalue weighted by molar-refractivity contribution is 6.34. The lowest BCUT2D eigenvalue weighted by molar-refractivity contribution is 0.166. The summed E-state index contributed by atoms with van der Waals surface area (Å²) in [7, 11) is 0. The largest absolute Gasteiger partial charge is 0.314 e. The first-order valence-corrected chi connectivity index (χ1v) is 15.5. The molecule has 2 unspecified atom stereocenters. The number of benzene rings is 3. The van der Waals surface area contributed by atoms with Crippen molar-refractivity contribution >= 4 is 45.7 Å². The van der Waals surface area contributed by atoms with Gasteiger partial charge in [-0.1, -0.05) is 71.2 Å². The van der Waals surface area contributed by atoms with E-state index in [2.05, 4.69) is 62.9 Å². The normalized spacial score (nSPS) is 18.4. The first-order chi connectivity index (χ1) is 20.0. The minimum Gasteiger partial charge on any atom is -0.314 e. The summed E-state index contributed by atoms with van der Waals surface area (Å²) in [5, 5.41) is 9.91. The number of fused-ring (bicyclic) bond motifs is 1. The van der Waals surface area contributed by atoms with Crippen LogP contribution in [0.3, 0.4) is 0 Å². The van der Waals surface area contributed by atoms with Crippen molar-refractivity contribution in [1.29, 1.82) is 0 Å². The lowest BCUT2D eigenvalue weighted by Crippen LogP contribution is -2.46. The van der Waals surface area contributed by atoms with E-state index >= 15 is 0 Å². The zero-order valence-corrected chi connectivity index (χ0v) is 25.3. The predicted molar refractivity (Wildman–Crippen MR) is 169 cm³/mol. The molecule has 3 aromatic carbocycles. The van der Waals surface area contributed by atoms with Gasteiger partial charge in [0.05, 0.1) is 11.6 Å². The number of rotatable bonds is 8. The molecule has 0 amide bonds. The second-order valence-corrected chi connectivity index (χ2v) is 12.1. The van der Waals surface area contributed by atoms with Crippen molar-refractivity contribution in [3.05, 3.63) is 104 Å². The quantitative estimate of drug-likeness (QED) is 0.240. The monoisotopic (exact) mass is 608 g/mol. The van der Waals surface area contributed by atoms with E-state index in [1.807, 2.05) is 24.3 Å². The summed E-state index contributed by atoms with van der Waals surface area (Å²) in [6.45, 7) is 7.63. The minimum atomic E-state index is 0.0156. The van der Waals surface area contributed by atoms with Gasteiger partial charge in [-0.05, 0) is 59.9 Å². The summed E-state index contributed by atoms with van der Waals surface area (Å²) in [4.78, 5) is 15.2. The molecule has 9 heteroatoms. The molecule has 4 aromatic rings.